The van der Waals surface area contributed by atoms with Crippen molar-refractivity contribution in [1.82, 2.24) is 0 Å². The van der Waals surface area contributed by atoms with Gasteiger partial charge in [-0.15, -0.1) is 0 Å². The zero-order valence-corrected chi connectivity index (χ0v) is 19.8. The van der Waals surface area contributed by atoms with Gasteiger partial charge in [-0.25, -0.2) is 31.1 Å². The van der Waals surface area contributed by atoms with Crippen molar-refractivity contribution in [2.75, 3.05) is 22.9 Å². The average Bonchev–Trinajstić information content (AvgIpc) is 3.08. The van der Waals surface area contributed by atoms with E-state index in [1.54, 1.807) is 6.92 Å². The van der Waals surface area contributed by atoms with Gasteiger partial charge in [-0.05, 0) is 43.2 Å². The van der Waals surface area contributed by atoms with Crippen LogP contribution in [0.25, 0.3) is 11.1 Å². The first kappa shape index (κ1) is 24.3. The van der Waals surface area contributed by atoms with Crippen molar-refractivity contribution in [3.8, 4) is 11.1 Å². The molecule has 0 aromatic heterocycles. The van der Waals surface area contributed by atoms with Gasteiger partial charge in [-0.2, -0.15) is 0 Å². The summed E-state index contributed by atoms with van der Waals surface area (Å²) in [6.45, 7) is 1.94. The van der Waals surface area contributed by atoms with Crippen LogP contribution in [0.2, 0.25) is 0 Å². The minimum Gasteiger partial charge on any atom is -0.367 e. The van der Waals surface area contributed by atoms with Crippen LogP contribution in [0.1, 0.15) is 12.5 Å². The van der Waals surface area contributed by atoms with Crippen LogP contribution < -0.4 is 14.9 Å². The normalized spacial score (nSPS) is 17.8. The van der Waals surface area contributed by atoms with E-state index in [4.69, 9.17) is 5.14 Å². The quantitative estimate of drug-likeness (QED) is 0.529. The first-order valence-corrected chi connectivity index (χ1v) is 12.7. The van der Waals surface area contributed by atoms with Crippen LogP contribution in [-0.2, 0) is 21.2 Å². The summed E-state index contributed by atoms with van der Waals surface area (Å²) in [6, 6.07) is 9.17. The molecule has 0 radical (unpaired) electrons. The molecule has 2 N–H and O–H groups in total. The molecule has 0 aliphatic carbocycles. The molecule has 2 aliphatic heterocycles. The lowest BCUT2D eigenvalue weighted by molar-refractivity contribution is -0.123. The van der Waals surface area contributed by atoms with Crippen LogP contribution in [0.4, 0.5) is 28.9 Å². The summed E-state index contributed by atoms with van der Waals surface area (Å²) in [5.74, 6) is -4.13. The number of hydrogen-bond donors (Lipinski definition) is 1. The van der Waals surface area contributed by atoms with Gasteiger partial charge in [0.2, 0.25) is 15.9 Å². The summed E-state index contributed by atoms with van der Waals surface area (Å²) < 4.78 is 81.4. The Balaban J connectivity index is 1.36. The van der Waals surface area contributed by atoms with Crippen molar-refractivity contribution in [3.63, 3.8) is 0 Å². The number of carbonyl (C=O) groups is 1. The molecule has 1 amide bonds. The Bertz CT molecular complexity index is 1510. The van der Waals surface area contributed by atoms with Crippen LogP contribution in [0.15, 0.2) is 53.4 Å². The van der Waals surface area contributed by atoms with E-state index in [1.807, 2.05) is 0 Å². The Morgan fingerprint density at radius 1 is 0.889 bits per heavy atom. The highest BCUT2D eigenvalue weighted by Gasteiger charge is 2.42. The van der Waals surface area contributed by atoms with E-state index >= 15 is 0 Å². The fourth-order valence-corrected chi connectivity index (χ4v) is 5.47. The number of nitrogens with zero attached hydrogens (tertiary/aromatic N) is 2. The first-order chi connectivity index (χ1) is 17.0. The van der Waals surface area contributed by atoms with E-state index in [1.165, 1.54) is 28.0 Å². The van der Waals surface area contributed by atoms with E-state index < -0.39 is 44.1 Å². The summed E-state index contributed by atoms with van der Waals surface area (Å²) >= 11 is 0. The van der Waals surface area contributed by atoms with Gasteiger partial charge in [0.15, 0.2) is 0 Å². The highest BCUT2D eigenvalue weighted by atomic mass is 32.2. The molecule has 6 nitrogen and oxygen atoms in total. The van der Waals surface area contributed by atoms with Gasteiger partial charge in [0, 0.05) is 42.0 Å². The molecule has 11 heteroatoms. The standard InChI is InChI=1S/C25H21F4N3O3S/c1-13-6-14-7-21(29)24(36(30,34)35)10-22(14)32(13)25(33)15-11-31(12-15)23-9-19(27)17(8-20(23)28)16-4-2-3-5-18(16)26/h2-5,7-10,13,15H,6,11-12H2,1H3,(H2,30,34,35). The number of nitrogens with two attached hydrogens (primary N) is 1. The summed E-state index contributed by atoms with van der Waals surface area (Å²) in [6.07, 6.45) is 0.330. The zero-order chi connectivity index (χ0) is 25.9. The molecule has 0 saturated carbocycles. The van der Waals surface area contributed by atoms with Crippen molar-refractivity contribution >= 4 is 27.3 Å². The number of sulfonamides is 1. The second kappa shape index (κ2) is 8.59. The van der Waals surface area contributed by atoms with Gasteiger partial charge >= 0.3 is 0 Å². The van der Waals surface area contributed by atoms with Gasteiger partial charge in [-0.3, -0.25) is 4.79 Å². The van der Waals surface area contributed by atoms with E-state index in [2.05, 4.69) is 0 Å². The predicted octanol–water partition coefficient (Wildman–Crippen LogP) is 3.97. The monoisotopic (exact) mass is 519 g/mol. The summed E-state index contributed by atoms with van der Waals surface area (Å²) in [4.78, 5) is 15.5. The lowest BCUT2D eigenvalue weighted by Gasteiger charge is -2.42. The molecule has 3 aromatic rings. The van der Waals surface area contributed by atoms with Gasteiger partial charge in [0.25, 0.3) is 0 Å². The van der Waals surface area contributed by atoms with Gasteiger partial charge in [0.1, 0.15) is 28.2 Å². The molecule has 1 unspecified atom stereocenters. The third-order valence-corrected chi connectivity index (χ3v) is 7.59. The van der Waals surface area contributed by atoms with E-state index in [0.717, 1.165) is 30.3 Å². The zero-order valence-electron chi connectivity index (χ0n) is 19.0. The van der Waals surface area contributed by atoms with Gasteiger partial charge < -0.3 is 9.80 Å². The smallest absolute Gasteiger partial charge is 0.241 e. The summed E-state index contributed by atoms with van der Waals surface area (Å²) in [5.41, 5.74) is 0.429. The third-order valence-electron chi connectivity index (χ3n) is 6.66. The van der Waals surface area contributed by atoms with Crippen LogP contribution in [-0.4, -0.2) is 33.5 Å². The molecule has 1 saturated heterocycles. The number of hydrogen-bond acceptors (Lipinski definition) is 4. The van der Waals surface area contributed by atoms with E-state index in [9.17, 15) is 30.8 Å². The number of benzene rings is 3. The largest absolute Gasteiger partial charge is 0.367 e. The maximum absolute atomic E-state index is 14.9. The minimum absolute atomic E-state index is 0.0508. The predicted molar refractivity (Wildman–Crippen MR) is 126 cm³/mol. The number of carbonyl (C=O) groups excluding carboxylic acids is 1. The molecule has 2 heterocycles. The third kappa shape index (κ3) is 4.01. The topological polar surface area (TPSA) is 83.7 Å². The minimum atomic E-state index is -4.34. The molecule has 2 aliphatic rings. The molecule has 36 heavy (non-hydrogen) atoms. The number of fused-ring (bicyclic) bond motifs is 1. The number of halogens is 4. The second-order valence-corrected chi connectivity index (χ2v) is 10.6. The Morgan fingerprint density at radius 2 is 1.58 bits per heavy atom. The fraction of sp³-hybridized carbons (Fsp3) is 0.240. The fourth-order valence-electron chi connectivity index (χ4n) is 4.87. The van der Waals surface area contributed by atoms with Gasteiger partial charge in [0.05, 0.1) is 11.6 Å². The molecular formula is C25H21F4N3O3S. The van der Waals surface area contributed by atoms with Crippen LogP contribution in [0.3, 0.4) is 0 Å². The molecular weight excluding hydrogens is 498 g/mol. The highest BCUT2D eigenvalue weighted by molar-refractivity contribution is 7.89. The number of primary sulfonamides is 1. The summed E-state index contributed by atoms with van der Waals surface area (Å²) in [5, 5.41) is 5.11. The maximum Gasteiger partial charge on any atom is 0.241 e. The lowest BCUT2D eigenvalue weighted by Crippen LogP contribution is -2.56. The molecule has 3 aromatic carbocycles. The average molecular weight is 520 g/mol. The molecule has 5 rings (SSSR count). The Hall–Kier alpha value is -3.44. The highest BCUT2D eigenvalue weighted by Crippen LogP contribution is 2.39. The lowest BCUT2D eigenvalue weighted by atomic mass is 9.95. The van der Waals surface area contributed by atoms with Crippen LogP contribution in [0.5, 0.6) is 0 Å². The van der Waals surface area contributed by atoms with Crippen molar-refractivity contribution in [1.29, 1.82) is 0 Å². The van der Waals surface area contributed by atoms with Crippen molar-refractivity contribution < 1.29 is 30.8 Å². The van der Waals surface area contributed by atoms with Crippen molar-refractivity contribution in [3.05, 3.63) is 77.4 Å². The molecule has 1 atom stereocenters. The van der Waals surface area contributed by atoms with Crippen molar-refractivity contribution in [2.24, 2.45) is 11.1 Å². The molecule has 1 fully saturated rings. The summed E-state index contributed by atoms with van der Waals surface area (Å²) in [7, 11) is -4.34. The van der Waals surface area contributed by atoms with Crippen LogP contribution >= 0.6 is 0 Å². The first-order valence-electron chi connectivity index (χ1n) is 11.1. The van der Waals surface area contributed by atoms with Gasteiger partial charge in [-0.1, -0.05) is 18.2 Å². The number of rotatable bonds is 4. The Morgan fingerprint density at radius 3 is 2.25 bits per heavy atom. The van der Waals surface area contributed by atoms with E-state index in [0.29, 0.717) is 12.0 Å². The molecule has 0 bridgehead atoms. The Labute approximate surface area is 205 Å². The number of anilines is 2. The van der Waals surface area contributed by atoms with E-state index in [-0.39, 0.29) is 47.5 Å². The van der Waals surface area contributed by atoms with Crippen molar-refractivity contribution in [2.45, 2.75) is 24.3 Å². The SMILES string of the molecule is CC1Cc2cc(F)c(S(N)(=O)=O)cc2N1C(=O)C1CN(c2cc(F)c(-c3ccccc3F)cc2F)C1. The second-order valence-electron chi connectivity index (χ2n) is 9.08. The number of amides is 1. The molecule has 0 spiro atoms. The van der Waals surface area contributed by atoms with Crippen LogP contribution in [0, 0.1) is 29.2 Å². The Kier molecular flexibility index (Phi) is 5.79. The molecule has 188 valence electrons. The maximum atomic E-state index is 14.9.